The normalized spacial score (nSPS) is 16.5. The molecule has 1 aliphatic rings. The third-order valence-corrected chi connectivity index (χ3v) is 2.70. The Morgan fingerprint density at radius 3 is 2.60 bits per heavy atom. The van der Waals surface area contributed by atoms with Gasteiger partial charge < -0.3 is 4.90 Å². The molecule has 3 nitrogen and oxygen atoms in total. The van der Waals surface area contributed by atoms with Gasteiger partial charge in [0.1, 0.15) is 5.82 Å². The molecule has 0 bridgehead atoms. The molecule has 0 amide bonds. The lowest BCUT2D eigenvalue weighted by Gasteiger charge is -2.28. The lowest BCUT2D eigenvalue weighted by molar-refractivity contribution is 0.112. The molecule has 15 heavy (non-hydrogen) atoms. The highest BCUT2D eigenvalue weighted by Crippen LogP contribution is 2.19. The zero-order valence-corrected chi connectivity index (χ0v) is 8.65. The molecule has 2 rings (SSSR count). The van der Waals surface area contributed by atoms with E-state index in [0.29, 0.717) is 5.56 Å². The highest BCUT2D eigenvalue weighted by atomic mass is 16.1. The average molecular weight is 202 g/mol. The summed E-state index contributed by atoms with van der Waals surface area (Å²) in [6.07, 6.45) is 4.51. The van der Waals surface area contributed by atoms with Gasteiger partial charge in [-0.05, 0) is 25.0 Å². The predicted octanol–water partition coefficient (Wildman–Crippen LogP) is 2.05. The number of hydrogen-bond acceptors (Lipinski definition) is 3. The van der Waals surface area contributed by atoms with E-state index in [9.17, 15) is 4.79 Å². The number of aldehydes is 1. The molecule has 0 atom stereocenters. The fraction of sp³-hybridized carbons (Fsp3) is 0.333. The molecule has 0 unspecified atom stereocenters. The molecule has 1 fully saturated rings. The van der Waals surface area contributed by atoms with Gasteiger partial charge in [-0.25, -0.2) is 4.98 Å². The van der Waals surface area contributed by atoms with Crippen molar-refractivity contribution in [1.82, 2.24) is 4.98 Å². The molecule has 3 heteroatoms. The van der Waals surface area contributed by atoms with Crippen molar-refractivity contribution in [2.75, 3.05) is 18.0 Å². The van der Waals surface area contributed by atoms with E-state index >= 15 is 0 Å². The molecular formula is C12H14N2O. The van der Waals surface area contributed by atoms with E-state index in [1.165, 1.54) is 5.57 Å². The molecular weight excluding hydrogens is 188 g/mol. The van der Waals surface area contributed by atoms with Gasteiger partial charge in [-0.3, -0.25) is 4.79 Å². The number of piperidine rings is 1. The summed E-state index contributed by atoms with van der Waals surface area (Å²) in [5.74, 6) is 0.952. The number of anilines is 1. The molecule has 0 saturated carbocycles. The van der Waals surface area contributed by atoms with Gasteiger partial charge in [0, 0.05) is 24.8 Å². The average Bonchev–Trinajstić information content (AvgIpc) is 2.30. The first-order valence-corrected chi connectivity index (χ1v) is 5.12. The van der Waals surface area contributed by atoms with Crippen LogP contribution in [-0.2, 0) is 0 Å². The first-order chi connectivity index (χ1) is 7.29. The van der Waals surface area contributed by atoms with Gasteiger partial charge in [0.15, 0.2) is 6.29 Å². The van der Waals surface area contributed by atoms with Crippen molar-refractivity contribution in [3.05, 3.63) is 36.0 Å². The molecule has 1 aliphatic heterocycles. The minimum atomic E-state index is 0.625. The fourth-order valence-corrected chi connectivity index (χ4v) is 1.71. The maximum Gasteiger partial charge on any atom is 0.151 e. The second-order valence-electron chi connectivity index (χ2n) is 3.80. The SMILES string of the molecule is C=C1CCN(c2ccc(C=O)cn2)CC1. The quantitative estimate of drug-likeness (QED) is 0.543. The Morgan fingerprint density at radius 2 is 2.07 bits per heavy atom. The monoisotopic (exact) mass is 202 g/mol. The van der Waals surface area contributed by atoms with Gasteiger partial charge >= 0.3 is 0 Å². The Kier molecular flexibility index (Phi) is 2.81. The van der Waals surface area contributed by atoms with Crippen LogP contribution in [0.5, 0.6) is 0 Å². The van der Waals surface area contributed by atoms with E-state index in [0.717, 1.165) is 38.0 Å². The number of aromatic nitrogens is 1. The van der Waals surface area contributed by atoms with Crippen molar-refractivity contribution in [3.8, 4) is 0 Å². The second-order valence-corrected chi connectivity index (χ2v) is 3.80. The maximum atomic E-state index is 10.5. The van der Waals surface area contributed by atoms with Crippen LogP contribution in [0.1, 0.15) is 23.2 Å². The van der Waals surface area contributed by atoms with Crippen molar-refractivity contribution >= 4 is 12.1 Å². The van der Waals surface area contributed by atoms with E-state index in [-0.39, 0.29) is 0 Å². The van der Waals surface area contributed by atoms with Crippen LogP contribution in [-0.4, -0.2) is 24.4 Å². The van der Waals surface area contributed by atoms with E-state index in [2.05, 4.69) is 16.5 Å². The molecule has 78 valence electrons. The summed E-state index contributed by atoms with van der Waals surface area (Å²) < 4.78 is 0. The summed E-state index contributed by atoms with van der Waals surface area (Å²) in [6.45, 7) is 5.93. The standard InChI is InChI=1S/C12H14N2O/c1-10-4-6-14(7-5-10)12-3-2-11(9-15)8-13-12/h2-3,8-9H,1,4-7H2. The van der Waals surface area contributed by atoms with Gasteiger partial charge in [0.2, 0.25) is 0 Å². The van der Waals surface area contributed by atoms with Crippen molar-refractivity contribution in [2.45, 2.75) is 12.8 Å². The van der Waals surface area contributed by atoms with Crippen LogP contribution in [0.2, 0.25) is 0 Å². The van der Waals surface area contributed by atoms with Crippen molar-refractivity contribution in [2.24, 2.45) is 0 Å². The molecule has 1 aromatic rings. The highest BCUT2D eigenvalue weighted by Gasteiger charge is 2.13. The zero-order chi connectivity index (χ0) is 10.7. The first kappa shape index (κ1) is 9.90. The number of pyridine rings is 1. The van der Waals surface area contributed by atoms with Gasteiger partial charge in [0.25, 0.3) is 0 Å². The van der Waals surface area contributed by atoms with Crippen molar-refractivity contribution in [1.29, 1.82) is 0 Å². The number of rotatable bonds is 2. The molecule has 0 aliphatic carbocycles. The Bertz CT molecular complexity index is 360. The van der Waals surface area contributed by atoms with Crippen LogP contribution in [0.4, 0.5) is 5.82 Å². The van der Waals surface area contributed by atoms with Crippen LogP contribution in [0.15, 0.2) is 30.5 Å². The lowest BCUT2D eigenvalue weighted by Crippen LogP contribution is -2.30. The number of carbonyl (C=O) groups excluding carboxylic acids is 1. The van der Waals surface area contributed by atoms with Crippen LogP contribution in [0.3, 0.4) is 0 Å². The molecule has 1 aromatic heterocycles. The van der Waals surface area contributed by atoms with Crippen molar-refractivity contribution in [3.63, 3.8) is 0 Å². The Labute approximate surface area is 89.4 Å². The number of hydrogen-bond donors (Lipinski definition) is 0. The summed E-state index contributed by atoms with van der Waals surface area (Å²) in [5.41, 5.74) is 1.94. The van der Waals surface area contributed by atoms with Crippen LogP contribution >= 0.6 is 0 Å². The number of carbonyl (C=O) groups is 1. The molecule has 2 heterocycles. The van der Waals surface area contributed by atoms with Gasteiger partial charge in [-0.2, -0.15) is 0 Å². The first-order valence-electron chi connectivity index (χ1n) is 5.12. The lowest BCUT2D eigenvalue weighted by atomic mass is 10.1. The zero-order valence-electron chi connectivity index (χ0n) is 8.65. The Hall–Kier alpha value is -1.64. The topological polar surface area (TPSA) is 33.2 Å². The van der Waals surface area contributed by atoms with Gasteiger partial charge in [-0.1, -0.05) is 12.2 Å². The van der Waals surface area contributed by atoms with E-state index < -0.39 is 0 Å². The van der Waals surface area contributed by atoms with Crippen molar-refractivity contribution < 1.29 is 4.79 Å². The summed E-state index contributed by atoms with van der Waals surface area (Å²) in [6, 6.07) is 3.70. The summed E-state index contributed by atoms with van der Waals surface area (Å²) in [5, 5.41) is 0. The molecule has 1 saturated heterocycles. The maximum absolute atomic E-state index is 10.5. The summed E-state index contributed by atoms with van der Waals surface area (Å²) in [4.78, 5) is 17.0. The Morgan fingerprint density at radius 1 is 1.33 bits per heavy atom. The van der Waals surface area contributed by atoms with E-state index in [1.807, 2.05) is 6.07 Å². The minimum absolute atomic E-state index is 0.625. The third kappa shape index (κ3) is 2.24. The summed E-state index contributed by atoms with van der Waals surface area (Å²) >= 11 is 0. The summed E-state index contributed by atoms with van der Waals surface area (Å²) in [7, 11) is 0. The predicted molar refractivity (Wildman–Crippen MR) is 60.2 cm³/mol. The molecule has 0 radical (unpaired) electrons. The van der Waals surface area contributed by atoms with E-state index in [4.69, 9.17) is 0 Å². The number of nitrogens with zero attached hydrogens (tertiary/aromatic N) is 2. The van der Waals surface area contributed by atoms with Gasteiger partial charge in [0.05, 0.1) is 0 Å². The van der Waals surface area contributed by atoms with Crippen LogP contribution in [0, 0.1) is 0 Å². The van der Waals surface area contributed by atoms with Crippen LogP contribution < -0.4 is 4.90 Å². The molecule has 0 spiro atoms. The van der Waals surface area contributed by atoms with Crippen LogP contribution in [0.25, 0.3) is 0 Å². The smallest absolute Gasteiger partial charge is 0.151 e. The fourth-order valence-electron chi connectivity index (χ4n) is 1.71. The third-order valence-electron chi connectivity index (χ3n) is 2.70. The highest BCUT2D eigenvalue weighted by molar-refractivity contribution is 5.74. The Balaban J connectivity index is 2.09. The minimum Gasteiger partial charge on any atom is -0.356 e. The van der Waals surface area contributed by atoms with E-state index in [1.54, 1.807) is 12.3 Å². The largest absolute Gasteiger partial charge is 0.356 e. The molecule has 0 aromatic carbocycles. The molecule has 0 N–H and O–H groups in total. The van der Waals surface area contributed by atoms with Gasteiger partial charge in [-0.15, -0.1) is 0 Å². The second kappa shape index (κ2) is 4.26.